The lowest BCUT2D eigenvalue weighted by atomic mass is 9.63. The minimum atomic E-state index is -0.325. The number of ether oxygens (including phenoxy) is 1. The van der Waals surface area contributed by atoms with E-state index in [-0.39, 0.29) is 11.5 Å². The van der Waals surface area contributed by atoms with Gasteiger partial charge in [0.05, 0.1) is 5.41 Å². The van der Waals surface area contributed by atoms with Crippen molar-refractivity contribution < 1.29 is 4.74 Å². The molecule has 1 spiro atoms. The summed E-state index contributed by atoms with van der Waals surface area (Å²) >= 11 is 3.56. The highest BCUT2D eigenvalue weighted by Gasteiger charge is 2.53. The van der Waals surface area contributed by atoms with Gasteiger partial charge in [-0.05, 0) is 63.2 Å². The molecule has 33 heavy (non-hydrogen) atoms. The van der Waals surface area contributed by atoms with E-state index < -0.39 is 0 Å². The first-order valence-corrected chi connectivity index (χ1v) is 12.2. The van der Waals surface area contributed by atoms with Crippen molar-refractivity contribution in [3.8, 4) is 28.0 Å². The summed E-state index contributed by atoms with van der Waals surface area (Å²) in [7, 11) is 0. The zero-order valence-electron chi connectivity index (χ0n) is 18.0. The van der Waals surface area contributed by atoms with Crippen LogP contribution in [0.2, 0.25) is 0 Å². The van der Waals surface area contributed by atoms with E-state index in [0.717, 1.165) is 16.6 Å². The summed E-state index contributed by atoms with van der Waals surface area (Å²) in [5.74, 6) is 0.995. The molecule has 158 valence electrons. The maximum Gasteiger partial charge on any atom is 0.125 e. The molecule has 2 unspecified atom stereocenters. The van der Waals surface area contributed by atoms with E-state index >= 15 is 0 Å². The van der Waals surface area contributed by atoms with Crippen LogP contribution in [0.25, 0.3) is 22.3 Å². The summed E-state index contributed by atoms with van der Waals surface area (Å²) in [5.41, 5.74) is 10.1. The zero-order chi connectivity index (χ0) is 22.0. The van der Waals surface area contributed by atoms with Crippen LogP contribution in [-0.2, 0) is 5.41 Å². The van der Waals surface area contributed by atoms with Crippen LogP contribution in [0, 0.1) is 0 Å². The minimum absolute atomic E-state index is 0.0510. The molecular formula is C31H21BrO. The first-order chi connectivity index (χ1) is 16.3. The maximum absolute atomic E-state index is 6.53. The van der Waals surface area contributed by atoms with Gasteiger partial charge in [0, 0.05) is 16.5 Å². The Morgan fingerprint density at radius 2 is 1.45 bits per heavy atom. The molecular weight excluding hydrogens is 468 g/mol. The average molecular weight is 489 g/mol. The van der Waals surface area contributed by atoms with Crippen molar-refractivity contribution >= 4 is 15.9 Å². The molecule has 0 N–H and O–H groups in total. The number of benzene rings is 4. The van der Waals surface area contributed by atoms with Gasteiger partial charge in [-0.3, -0.25) is 0 Å². The van der Waals surface area contributed by atoms with Crippen molar-refractivity contribution in [2.45, 2.75) is 17.9 Å². The number of hydrogen-bond acceptors (Lipinski definition) is 1. The van der Waals surface area contributed by atoms with Crippen molar-refractivity contribution in [2.75, 3.05) is 0 Å². The molecule has 0 bridgehead atoms. The molecule has 1 aliphatic heterocycles. The number of allylic oxidation sites excluding steroid dienone is 2. The van der Waals surface area contributed by atoms with Crippen molar-refractivity contribution in [3.05, 3.63) is 136 Å². The Balaban J connectivity index is 1.56. The molecule has 0 amide bonds. The van der Waals surface area contributed by atoms with E-state index in [9.17, 15) is 0 Å². The quantitative estimate of drug-likeness (QED) is 0.263. The molecule has 2 aliphatic carbocycles. The standard InChI is InChI=1S/C31H21BrO/c32-22-16-13-20(14-17-22)21-15-18-26-24(19-21)23-7-1-2-8-25(23)31(26)27-9-3-5-11-29(27)33-30-12-6-4-10-28(30)31/h1-11,13-19,30H,12H2. The van der Waals surface area contributed by atoms with Gasteiger partial charge in [0.25, 0.3) is 0 Å². The SMILES string of the molecule is Brc1ccc(-c2ccc3c(c2)-c2ccccc2C32C3=CC=CCC3Oc3ccccc32)cc1. The van der Waals surface area contributed by atoms with Gasteiger partial charge >= 0.3 is 0 Å². The fraction of sp³-hybridized carbons (Fsp3) is 0.0968. The van der Waals surface area contributed by atoms with Crippen molar-refractivity contribution in [1.29, 1.82) is 0 Å². The number of halogens is 1. The van der Waals surface area contributed by atoms with Crippen LogP contribution in [0.4, 0.5) is 0 Å². The molecule has 1 heterocycles. The number of rotatable bonds is 1. The third-order valence-corrected chi connectivity index (χ3v) is 7.85. The van der Waals surface area contributed by atoms with Gasteiger partial charge in [-0.15, -0.1) is 0 Å². The predicted octanol–water partition coefficient (Wildman–Crippen LogP) is 8.08. The van der Waals surface area contributed by atoms with Crippen molar-refractivity contribution in [1.82, 2.24) is 0 Å². The zero-order valence-corrected chi connectivity index (χ0v) is 19.5. The molecule has 0 fully saturated rings. The van der Waals surface area contributed by atoms with Gasteiger partial charge in [-0.1, -0.05) is 101 Å². The summed E-state index contributed by atoms with van der Waals surface area (Å²) in [6, 6.07) is 33.1. The average Bonchev–Trinajstić information content (AvgIpc) is 3.15. The first kappa shape index (κ1) is 19.1. The van der Waals surface area contributed by atoms with Gasteiger partial charge in [0.2, 0.25) is 0 Å². The van der Waals surface area contributed by atoms with Crippen molar-refractivity contribution in [3.63, 3.8) is 0 Å². The molecule has 0 radical (unpaired) electrons. The smallest absolute Gasteiger partial charge is 0.125 e. The van der Waals surface area contributed by atoms with Crippen LogP contribution in [-0.4, -0.2) is 6.10 Å². The molecule has 3 aliphatic rings. The second-order valence-electron chi connectivity index (χ2n) is 8.95. The largest absolute Gasteiger partial charge is 0.485 e. The van der Waals surface area contributed by atoms with Crippen LogP contribution in [0.1, 0.15) is 23.1 Å². The van der Waals surface area contributed by atoms with Gasteiger partial charge in [-0.2, -0.15) is 0 Å². The third kappa shape index (κ3) is 2.59. The Morgan fingerprint density at radius 1 is 0.727 bits per heavy atom. The van der Waals surface area contributed by atoms with Crippen molar-refractivity contribution in [2.24, 2.45) is 0 Å². The predicted molar refractivity (Wildman–Crippen MR) is 138 cm³/mol. The van der Waals surface area contributed by atoms with Gasteiger partial charge in [0.15, 0.2) is 0 Å². The Hall–Kier alpha value is -3.36. The highest BCUT2D eigenvalue weighted by Crippen LogP contribution is 2.61. The van der Waals surface area contributed by atoms with E-state index in [1.807, 2.05) is 0 Å². The van der Waals surface area contributed by atoms with E-state index in [0.29, 0.717) is 0 Å². The summed E-state index contributed by atoms with van der Waals surface area (Å²) in [4.78, 5) is 0. The van der Waals surface area contributed by atoms with Crippen LogP contribution in [0.3, 0.4) is 0 Å². The lowest BCUT2D eigenvalue weighted by molar-refractivity contribution is 0.205. The molecule has 0 saturated carbocycles. The van der Waals surface area contributed by atoms with Crippen LogP contribution in [0.15, 0.2) is 119 Å². The third-order valence-electron chi connectivity index (χ3n) is 7.32. The van der Waals surface area contributed by atoms with E-state index in [2.05, 4.69) is 125 Å². The van der Waals surface area contributed by atoms with E-state index in [4.69, 9.17) is 4.74 Å². The summed E-state index contributed by atoms with van der Waals surface area (Å²) < 4.78 is 7.63. The summed E-state index contributed by atoms with van der Waals surface area (Å²) in [5, 5.41) is 0. The molecule has 0 aromatic heterocycles. The molecule has 7 rings (SSSR count). The Bertz CT molecular complexity index is 1480. The van der Waals surface area contributed by atoms with Gasteiger partial charge in [0.1, 0.15) is 11.9 Å². The van der Waals surface area contributed by atoms with Gasteiger partial charge in [-0.25, -0.2) is 0 Å². The van der Waals surface area contributed by atoms with Crippen LogP contribution >= 0.6 is 15.9 Å². The fourth-order valence-corrected chi connectivity index (χ4v) is 6.25. The lowest BCUT2D eigenvalue weighted by Gasteiger charge is -2.44. The van der Waals surface area contributed by atoms with Crippen LogP contribution < -0.4 is 4.74 Å². The lowest BCUT2D eigenvalue weighted by Crippen LogP contribution is -2.42. The van der Waals surface area contributed by atoms with Gasteiger partial charge < -0.3 is 4.74 Å². The second-order valence-corrected chi connectivity index (χ2v) is 9.87. The van der Waals surface area contributed by atoms with E-state index in [1.54, 1.807) is 0 Å². The number of fused-ring (bicyclic) bond motifs is 9. The molecule has 4 aromatic carbocycles. The summed E-state index contributed by atoms with van der Waals surface area (Å²) in [6.45, 7) is 0. The number of hydrogen-bond donors (Lipinski definition) is 0. The topological polar surface area (TPSA) is 9.23 Å². The highest BCUT2D eigenvalue weighted by molar-refractivity contribution is 9.10. The molecule has 4 aromatic rings. The van der Waals surface area contributed by atoms with Crippen LogP contribution in [0.5, 0.6) is 5.75 Å². The summed E-state index contributed by atoms with van der Waals surface area (Å²) in [6.07, 6.45) is 7.65. The Labute approximate surface area is 202 Å². The second kappa shape index (κ2) is 7.07. The number of para-hydroxylation sites is 1. The monoisotopic (exact) mass is 488 g/mol. The maximum atomic E-state index is 6.53. The first-order valence-electron chi connectivity index (χ1n) is 11.4. The molecule has 1 nitrogen and oxygen atoms in total. The minimum Gasteiger partial charge on any atom is -0.485 e. The van der Waals surface area contributed by atoms with E-state index in [1.165, 1.54) is 44.5 Å². The molecule has 2 heteroatoms. The Kier molecular flexibility index (Phi) is 4.10. The molecule has 2 atom stereocenters. The normalized spacial score (nSPS) is 21.5. The molecule has 0 saturated heterocycles. The Morgan fingerprint density at radius 3 is 2.33 bits per heavy atom. The highest BCUT2D eigenvalue weighted by atomic mass is 79.9. The fourth-order valence-electron chi connectivity index (χ4n) is 5.98.